The molecule has 1 saturated heterocycles. The average molecular weight is 521 g/mol. The van der Waals surface area contributed by atoms with Gasteiger partial charge in [-0.3, -0.25) is 4.90 Å². The molecule has 3 aromatic heterocycles. The van der Waals surface area contributed by atoms with Gasteiger partial charge in [-0.25, -0.2) is 14.8 Å². The Bertz CT molecular complexity index is 1330. The standard InChI is InChI=1S/C22H22N4O2S.C2HF3O2/c27-16-6-4-5-15(11-16)25-22-21-18(23-14-24-22)12-20(29-21)19-8-7-17(28-19)13-26-9-2-1-3-10-26;3-2(4,5)1(6)7/h4-8,11-12,14,27H,1-3,9-10,13H2,(H,23,24,25);(H,6,7). The summed E-state index contributed by atoms with van der Waals surface area (Å²) < 4.78 is 38.8. The normalized spacial score (nSPS) is 14.3. The molecule has 0 bridgehead atoms. The van der Waals surface area contributed by atoms with E-state index in [1.807, 2.05) is 18.2 Å². The summed E-state index contributed by atoms with van der Waals surface area (Å²) in [4.78, 5) is 21.2. The van der Waals surface area contributed by atoms with E-state index in [2.05, 4.69) is 26.3 Å². The lowest BCUT2D eigenvalue weighted by atomic mass is 10.1. The number of hydrogen-bond acceptors (Lipinski definition) is 8. The fourth-order valence-corrected chi connectivity index (χ4v) is 4.74. The van der Waals surface area contributed by atoms with E-state index >= 15 is 0 Å². The largest absolute Gasteiger partial charge is 0.508 e. The van der Waals surface area contributed by atoms with Crippen LogP contribution in [0.4, 0.5) is 24.7 Å². The first-order valence-corrected chi connectivity index (χ1v) is 11.9. The van der Waals surface area contributed by atoms with Crippen LogP contribution in [0, 0.1) is 0 Å². The first-order chi connectivity index (χ1) is 17.2. The van der Waals surface area contributed by atoms with Crippen molar-refractivity contribution in [2.45, 2.75) is 32.0 Å². The molecule has 190 valence electrons. The number of nitrogens with one attached hydrogen (secondary N) is 1. The van der Waals surface area contributed by atoms with Crippen LogP contribution in [0.25, 0.3) is 20.9 Å². The lowest BCUT2D eigenvalue weighted by molar-refractivity contribution is -0.192. The van der Waals surface area contributed by atoms with Crippen molar-refractivity contribution in [1.82, 2.24) is 14.9 Å². The molecule has 0 saturated carbocycles. The zero-order valence-electron chi connectivity index (χ0n) is 19.0. The number of aliphatic carboxylic acids is 1. The van der Waals surface area contributed by atoms with Crippen LogP contribution >= 0.6 is 11.3 Å². The minimum atomic E-state index is -5.08. The summed E-state index contributed by atoms with van der Waals surface area (Å²) in [6.07, 6.45) is 0.352. The molecular formula is C24H23F3N4O4S. The van der Waals surface area contributed by atoms with Gasteiger partial charge in [0.1, 0.15) is 23.6 Å². The molecule has 0 radical (unpaired) electrons. The number of fused-ring (bicyclic) bond motifs is 1. The Labute approximate surface area is 208 Å². The molecule has 0 unspecified atom stereocenters. The first kappa shape index (κ1) is 25.5. The summed E-state index contributed by atoms with van der Waals surface area (Å²) in [7, 11) is 0. The summed E-state index contributed by atoms with van der Waals surface area (Å²) in [5.74, 6) is 0.0419. The third kappa shape index (κ3) is 6.52. The number of anilines is 2. The topological polar surface area (TPSA) is 112 Å². The highest BCUT2D eigenvalue weighted by Crippen LogP contribution is 2.37. The van der Waals surface area contributed by atoms with Crippen LogP contribution in [-0.2, 0) is 11.3 Å². The number of phenolic OH excluding ortho intramolecular Hbond substituents is 1. The molecule has 0 aliphatic carbocycles. The van der Waals surface area contributed by atoms with Gasteiger partial charge >= 0.3 is 12.1 Å². The van der Waals surface area contributed by atoms with Crippen molar-refractivity contribution in [3.8, 4) is 16.4 Å². The quantitative estimate of drug-likeness (QED) is 0.293. The molecule has 1 aliphatic heterocycles. The van der Waals surface area contributed by atoms with Crippen LogP contribution in [0.3, 0.4) is 0 Å². The number of phenols is 1. The molecule has 3 N–H and O–H groups in total. The van der Waals surface area contributed by atoms with Crippen molar-refractivity contribution >= 4 is 39.0 Å². The molecule has 8 nitrogen and oxygen atoms in total. The molecule has 0 amide bonds. The fraction of sp³-hybridized carbons (Fsp3) is 0.292. The minimum absolute atomic E-state index is 0.212. The Morgan fingerprint density at radius 2 is 1.86 bits per heavy atom. The van der Waals surface area contributed by atoms with Gasteiger partial charge in [-0.1, -0.05) is 12.5 Å². The van der Waals surface area contributed by atoms with E-state index in [9.17, 15) is 18.3 Å². The number of benzene rings is 1. The van der Waals surface area contributed by atoms with E-state index in [0.29, 0.717) is 0 Å². The summed E-state index contributed by atoms with van der Waals surface area (Å²) >= 11 is 1.60. The number of thiophene rings is 1. The van der Waals surface area contributed by atoms with E-state index in [0.717, 1.165) is 57.8 Å². The molecule has 1 aliphatic rings. The van der Waals surface area contributed by atoms with Crippen molar-refractivity contribution in [3.05, 3.63) is 54.6 Å². The lowest BCUT2D eigenvalue weighted by Crippen LogP contribution is -2.28. The van der Waals surface area contributed by atoms with Gasteiger partial charge in [0.25, 0.3) is 0 Å². The molecule has 0 atom stereocenters. The summed E-state index contributed by atoms with van der Waals surface area (Å²) in [5.41, 5.74) is 1.65. The average Bonchev–Trinajstić information content (AvgIpc) is 3.47. The number of alkyl halides is 3. The maximum Gasteiger partial charge on any atom is 0.490 e. The van der Waals surface area contributed by atoms with E-state index < -0.39 is 12.1 Å². The predicted octanol–water partition coefficient (Wildman–Crippen LogP) is 6.02. The van der Waals surface area contributed by atoms with Gasteiger partial charge in [0.2, 0.25) is 0 Å². The maximum atomic E-state index is 10.6. The molecule has 36 heavy (non-hydrogen) atoms. The molecule has 0 spiro atoms. The van der Waals surface area contributed by atoms with Crippen LogP contribution in [-0.4, -0.2) is 50.3 Å². The highest BCUT2D eigenvalue weighted by Gasteiger charge is 2.38. The molecule has 12 heteroatoms. The zero-order valence-corrected chi connectivity index (χ0v) is 19.8. The number of aromatic hydroxyl groups is 1. The molecule has 5 rings (SSSR count). The van der Waals surface area contributed by atoms with Crippen LogP contribution in [0.15, 0.2) is 53.2 Å². The number of rotatable bonds is 5. The fourth-order valence-electron chi connectivity index (χ4n) is 3.72. The van der Waals surface area contributed by atoms with Gasteiger partial charge in [-0.2, -0.15) is 13.2 Å². The van der Waals surface area contributed by atoms with Gasteiger partial charge in [-0.15, -0.1) is 11.3 Å². The Hall–Kier alpha value is -3.64. The van der Waals surface area contributed by atoms with Crippen molar-refractivity contribution < 1.29 is 32.6 Å². The Morgan fingerprint density at radius 1 is 1.11 bits per heavy atom. The predicted molar refractivity (Wildman–Crippen MR) is 129 cm³/mol. The van der Waals surface area contributed by atoms with Crippen molar-refractivity contribution in [2.24, 2.45) is 0 Å². The van der Waals surface area contributed by atoms with Gasteiger partial charge in [0.15, 0.2) is 5.82 Å². The monoisotopic (exact) mass is 520 g/mol. The maximum absolute atomic E-state index is 10.6. The van der Waals surface area contributed by atoms with Gasteiger partial charge in [-0.05, 0) is 56.3 Å². The van der Waals surface area contributed by atoms with Crippen LogP contribution in [0.2, 0.25) is 0 Å². The molecule has 1 aromatic carbocycles. The number of halogens is 3. The van der Waals surface area contributed by atoms with Crippen LogP contribution in [0.1, 0.15) is 25.0 Å². The van der Waals surface area contributed by atoms with E-state index in [1.54, 1.807) is 35.9 Å². The van der Waals surface area contributed by atoms with E-state index in [-0.39, 0.29) is 5.75 Å². The highest BCUT2D eigenvalue weighted by molar-refractivity contribution is 7.22. The number of aromatic nitrogens is 2. The van der Waals surface area contributed by atoms with E-state index in [4.69, 9.17) is 14.3 Å². The van der Waals surface area contributed by atoms with E-state index in [1.165, 1.54) is 19.3 Å². The summed E-state index contributed by atoms with van der Waals surface area (Å²) in [6.45, 7) is 3.17. The van der Waals surface area contributed by atoms with Crippen molar-refractivity contribution in [3.63, 3.8) is 0 Å². The van der Waals surface area contributed by atoms with Gasteiger partial charge in [0, 0.05) is 11.8 Å². The number of carboxylic acids is 1. The molecule has 4 aromatic rings. The smallest absolute Gasteiger partial charge is 0.490 e. The number of piperidine rings is 1. The second-order valence-corrected chi connectivity index (χ2v) is 9.18. The SMILES string of the molecule is O=C(O)C(F)(F)F.Oc1cccc(Nc2ncnc3cc(-c4ccc(CN5CCCCC5)o4)sc23)c1. The number of carbonyl (C=O) groups is 1. The second-order valence-electron chi connectivity index (χ2n) is 8.13. The number of furan rings is 1. The molecular weight excluding hydrogens is 497 g/mol. The molecule has 4 heterocycles. The second kappa shape index (κ2) is 11.0. The van der Waals surface area contributed by atoms with Crippen LogP contribution in [0.5, 0.6) is 5.75 Å². The minimum Gasteiger partial charge on any atom is -0.508 e. The Balaban J connectivity index is 0.000000384. The Morgan fingerprint density at radius 3 is 2.56 bits per heavy atom. The lowest BCUT2D eigenvalue weighted by Gasteiger charge is -2.25. The Kier molecular flexibility index (Phi) is 7.75. The van der Waals surface area contributed by atoms with Crippen LogP contribution < -0.4 is 5.32 Å². The summed E-state index contributed by atoms with van der Waals surface area (Å²) in [5, 5.41) is 20.1. The number of likely N-dealkylation sites (tertiary alicyclic amines) is 1. The van der Waals surface area contributed by atoms with Gasteiger partial charge < -0.3 is 19.9 Å². The molecule has 1 fully saturated rings. The third-order valence-corrected chi connectivity index (χ3v) is 6.54. The number of nitrogens with zero attached hydrogens (tertiary/aromatic N) is 3. The number of hydrogen-bond donors (Lipinski definition) is 3. The third-order valence-electron chi connectivity index (χ3n) is 5.40. The van der Waals surface area contributed by atoms with Crippen molar-refractivity contribution in [1.29, 1.82) is 0 Å². The highest BCUT2D eigenvalue weighted by atomic mass is 32.1. The van der Waals surface area contributed by atoms with Gasteiger partial charge in [0.05, 0.1) is 21.6 Å². The number of carboxylic acid groups (broad SMARTS) is 1. The summed E-state index contributed by atoms with van der Waals surface area (Å²) in [6, 6.07) is 13.2. The zero-order chi connectivity index (χ0) is 25.7. The van der Waals surface area contributed by atoms with Crippen molar-refractivity contribution in [2.75, 3.05) is 18.4 Å². The first-order valence-electron chi connectivity index (χ1n) is 11.1.